The zero-order valence-electron chi connectivity index (χ0n) is 20.9. The van der Waals surface area contributed by atoms with Crippen LogP contribution in [-0.4, -0.2) is 35.8 Å². The van der Waals surface area contributed by atoms with E-state index in [1.54, 1.807) is 6.20 Å². The minimum atomic E-state index is -1.91. The second-order valence-electron chi connectivity index (χ2n) is 10.7. The monoisotopic (exact) mass is 492 g/mol. The largest absolute Gasteiger partial charge is 0.416 e. The number of nitriles is 1. The van der Waals surface area contributed by atoms with Crippen molar-refractivity contribution in [3.8, 4) is 17.3 Å². The van der Waals surface area contributed by atoms with Gasteiger partial charge in [-0.3, -0.25) is 0 Å². The predicted octanol–water partition coefficient (Wildman–Crippen LogP) is 6.23. The van der Waals surface area contributed by atoms with Crippen LogP contribution in [0, 0.1) is 18.3 Å². The molecule has 7 nitrogen and oxygen atoms in total. The van der Waals surface area contributed by atoms with Crippen LogP contribution in [0.3, 0.4) is 0 Å². The molecule has 4 rings (SSSR count). The Balaban J connectivity index is 1.68. The quantitative estimate of drug-likeness (QED) is 0.394. The highest BCUT2D eigenvalue weighted by Crippen LogP contribution is 2.44. The lowest BCUT2D eigenvalue weighted by Crippen LogP contribution is -2.45. The third kappa shape index (κ3) is 4.58. The number of hydrogen-bond donors (Lipinski definition) is 2. The Morgan fingerprint density at radius 2 is 2.09 bits per heavy atom. The van der Waals surface area contributed by atoms with Gasteiger partial charge in [-0.25, -0.2) is 9.97 Å². The number of aryl methyl sites for hydroxylation is 1. The summed E-state index contributed by atoms with van der Waals surface area (Å²) in [5.41, 5.74) is 5.85. The normalized spacial score (nSPS) is 17.7. The van der Waals surface area contributed by atoms with Crippen molar-refractivity contribution in [3.63, 3.8) is 0 Å². The highest BCUT2D eigenvalue weighted by Gasteiger charge is 2.42. The second-order valence-corrected chi connectivity index (χ2v) is 16.2. The van der Waals surface area contributed by atoms with Crippen molar-refractivity contribution in [2.75, 3.05) is 23.8 Å². The highest BCUT2D eigenvalue weighted by molar-refractivity contribution is 7.04. The van der Waals surface area contributed by atoms with Gasteiger partial charge in [-0.2, -0.15) is 9.64 Å². The molecular formula is C25H32N6OSSi. The molecule has 1 atom stereocenters. The first-order chi connectivity index (χ1) is 15.9. The van der Waals surface area contributed by atoms with E-state index in [2.05, 4.69) is 72.9 Å². The number of fused-ring (bicyclic) bond motifs is 1. The molecule has 3 heterocycles. The number of benzene rings is 1. The zero-order chi connectivity index (χ0) is 24.7. The van der Waals surface area contributed by atoms with Crippen LogP contribution in [0.4, 0.5) is 17.3 Å². The summed E-state index contributed by atoms with van der Waals surface area (Å²) < 4.78 is 10.9. The molecule has 3 aromatic rings. The fourth-order valence-electron chi connectivity index (χ4n) is 3.72. The minimum absolute atomic E-state index is 0.137. The topological polar surface area (TPSA) is 95.8 Å². The van der Waals surface area contributed by atoms with Crippen molar-refractivity contribution in [2.24, 2.45) is 0 Å². The van der Waals surface area contributed by atoms with E-state index in [1.807, 2.05) is 24.4 Å². The van der Waals surface area contributed by atoms with Gasteiger partial charge in [0, 0.05) is 35.7 Å². The van der Waals surface area contributed by atoms with Crippen LogP contribution in [0.5, 0.6) is 0 Å². The third-order valence-electron chi connectivity index (χ3n) is 7.07. The molecule has 2 aromatic heterocycles. The second kappa shape index (κ2) is 8.76. The summed E-state index contributed by atoms with van der Waals surface area (Å²) in [5.74, 6) is 0.502. The van der Waals surface area contributed by atoms with Gasteiger partial charge in [-0.05, 0) is 60.4 Å². The standard InChI is InChI=1S/C25H32N6OSSi/c1-16-21(13-33-31-16)30-23-27-9-8-20(29-23)17-10-18(12-26)22-19(11-17)25(5,14-28-22)15-32-34(6,7)24(2,3)4/h8-11,13,28H,14-15H2,1-7H3,(H,27,29,30)/t25-/m1/s1. The SMILES string of the molecule is Cc1nscc1Nc1nccc(-c2cc(C#N)c3c(c2)[C@@](C)(CO[Si](C)(C)C(C)(C)C)CN3)n1. The highest BCUT2D eigenvalue weighted by atomic mass is 32.1. The first-order valence-corrected chi connectivity index (χ1v) is 15.2. The van der Waals surface area contributed by atoms with Crippen LogP contribution in [0.25, 0.3) is 11.3 Å². The average Bonchev–Trinajstić information content (AvgIpc) is 3.34. The molecule has 0 radical (unpaired) electrons. The molecule has 1 aliphatic rings. The average molecular weight is 493 g/mol. The number of nitrogens with one attached hydrogen (secondary N) is 2. The summed E-state index contributed by atoms with van der Waals surface area (Å²) in [6.07, 6.45) is 1.73. The Morgan fingerprint density at radius 3 is 2.74 bits per heavy atom. The fraction of sp³-hybridized carbons (Fsp3) is 0.440. The summed E-state index contributed by atoms with van der Waals surface area (Å²) in [7, 11) is -1.91. The van der Waals surface area contributed by atoms with Crippen LogP contribution >= 0.6 is 11.5 Å². The molecular weight excluding hydrogens is 460 g/mol. The van der Waals surface area contributed by atoms with Crippen LogP contribution in [-0.2, 0) is 9.84 Å². The molecule has 34 heavy (non-hydrogen) atoms. The summed E-state index contributed by atoms with van der Waals surface area (Å²) in [5, 5.41) is 18.7. The van der Waals surface area contributed by atoms with E-state index < -0.39 is 8.32 Å². The van der Waals surface area contributed by atoms with E-state index >= 15 is 0 Å². The van der Waals surface area contributed by atoms with E-state index in [0.717, 1.165) is 40.4 Å². The predicted molar refractivity (Wildman–Crippen MR) is 141 cm³/mol. The van der Waals surface area contributed by atoms with Crippen LogP contribution in [0.1, 0.15) is 44.5 Å². The van der Waals surface area contributed by atoms with Gasteiger partial charge >= 0.3 is 0 Å². The maximum Gasteiger partial charge on any atom is 0.227 e. The Kier molecular flexibility index (Phi) is 6.27. The van der Waals surface area contributed by atoms with Crippen LogP contribution in [0.15, 0.2) is 29.8 Å². The van der Waals surface area contributed by atoms with E-state index in [-0.39, 0.29) is 10.5 Å². The van der Waals surface area contributed by atoms with Crippen molar-refractivity contribution >= 4 is 37.2 Å². The van der Waals surface area contributed by atoms with Gasteiger partial charge in [0.2, 0.25) is 5.95 Å². The fourth-order valence-corrected chi connectivity index (χ4v) is 5.48. The Hall–Kier alpha value is -2.80. The molecule has 0 spiro atoms. The van der Waals surface area contributed by atoms with E-state index in [0.29, 0.717) is 18.1 Å². The van der Waals surface area contributed by atoms with Crippen molar-refractivity contribution < 1.29 is 4.43 Å². The van der Waals surface area contributed by atoms with Crippen molar-refractivity contribution in [1.82, 2.24) is 14.3 Å². The summed E-state index contributed by atoms with van der Waals surface area (Å²) in [6.45, 7) is 16.8. The maximum absolute atomic E-state index is 9.90. The molecule has 0 saturated carbocycles. The molecule has 0 unspecified atom stereocenters. The number of anilines is 3. The smallest absolute Gasteiger partial charge is 0.227 e. The summed E-state index contributed by atoms with van der Waals surface area (Å²) in [6, 6.07) is 8.29. The maximum atomic E-state index is 9.90. The van der Waals surface area contributed by atoms with Gasteiger partial charge in [0.15, 0.2) is 8.32 Å². The molecule has 0 aliphatic carbocycles. The number of nitrogens with zero attached hydrogens (tertiary/aromatic N) is 4. The molecule has 0 amide bonds. The first kappa shape index (κ1) is 24.3. The van der Waals surface area contributed by atoms with Gasteiger partial charge < -0.3 is 15.1 Å². The van der Waals surface area contributed by atoms with Crippen LogP contribution in [0.2, 0.25) is 18.1 Å². The van der Waals surface area contributed by atoms with Crippen molar-refractivity contribution in [2.45, 2.75) is 58.2 Å². The lowest BCUT2D eigenvalue weighted by Gasteiger charge is -2.39. The van der Waals surface area contributed by atoms with Gasteiger partial charge in [0.05, 0.1) is 28.3 Å². The molecule has 0 fully saturated rings. The van der Waals surface area contributed by atoms with Gasteiger partial charge in [0.1, 0.15) is 6.07 Å². The lowest BCUT2D eigenvalue weighted by molar-refractivity contribution is 0.220. The van der Waals surface area contributed by atoms with Gasteiger partial charge in [-0.15, -0.1) is 0 Å². The molecule has 0 saturated heterocycles. The minimum Gasteiger partial charge on any atom is -0.416 e. The molecule has 2 N–H and O–H groups in total. The van der Waals surface area contributed by atoms with Crippen molar-refractivity contribution in [3.05, 3.63) is 46.6 Å². The number of rotatable bonds is 6. The summed E-state index contributed by atoms with van der Waals surface area (Å²) in [4.78, 5) is 9.09. The van der Waals surface area contributed by atoms with E-state index in [1.165, 1.54) is 11.5 Å². The number of hydrogen-bond acceptors (Lipinski definition) is 8. The summed E-state index contributed by atoms with van der Waals surface area (Å²) >= 11 is 1.39. The zero-order valence-corrected chi connectivity index (χ0v) is 22.7. The Bertz CT molecular complexity index is 1260. The Morgan fingerprint density at radius 1 is 1.32 bits per heavy atom. The lowest BCUT2D eigenvalue weighted by atomic mass is 9.83. The molecule has 1 aliphatic heterocycles. The van der Waals surface area contributed by atoms with E-state index in [9.17, 15) is 5.26 Å². The number of aromatic nitrogens is 3. The first-order valence-electron chi connectivity index (χ1n) is 11.4. The van der Waals surface area contributed by atoms with Crippen LogP contribution < -0.4 is 10.6 Å². The molecule has 178 valence electrons. The Labute approximate surface area is 206 Å². The third-order valence-corrected chi connectivity index (χ3v) is 12.3. The molecule has 9 heteroatoms. The molecule has 0 bridgehead atoms. The van der Waals surface area contributed by atoms with Gasteiger partial charge in [-0.1, -0.05) is 27.7 Å². The van der Waals surface area contributed by atoms with E-state index in [4.69, 9.17) is 9.41 Å². The van der Waals surface area contributed by atoms with Gasteiger partial charge in [0.25, 0.3) is 0 Å². The molecule has 1 aromatic carbocycles. The van der Waals surface area contributed by atoms with Crippen molar-refractivity contribution in [1.29, 1.82) is 5.26 Å².